The highest BCUT2D eigenvalue weighted by molar-refractivity contribution is 5.16. The van der Waals surface area contributed by atoms with Gasteiger partial charge in [-0.15, -0.1) is 0 Å². The summed E-state index contributed by atoms with van der Waals surface area (Å²) in [6.45, 7) is 3.88. The summed E-state index contributed by atoms with van der Waals surface area (Å²) in [7, 11) is 0. The number of allylic oxidation sites excluding steroid dienone is 4. The lowest BCUT2D eigenvalue weighted by atomic mass is 10.1. The molecule has 0 unspecified atom stereocenters. The fraction of sp³-hybridized carbons (Fsp3) is 0.556. The molecule has 0 N–H and O–H groups in total. The Morgan fingerprint density at radius 1 is 1.46 bits per heavy atom. The first-order valence-electron chi connectivity index (χ1n) is 4.30. The van der Waals surface area contributed by atoms with E-state index in [1.165, 1.54) is 6.08 Å². The molecule has 0 spiro atoms. The van der Waals surface area contributed by atoms with Crippen LogP contribution in [0.2, 0.25) is 0 Å². The molecule has 0 amide bonds. The summed E-state index contributed by atoms with van der Waals surface area (Å²) < 4.78 is 5.41. The summed E-state index contributed by atoms with van der Waals surface area (Å²) >= 11 is 0. The minimum Gasteiger partial charge on any atom is -0.495 e. The van der Waals surface area contributed by atoms with Crippen LogP contribution in [-0.4, -0.2) is 11.0 Å². The Balaban J connectivity index is 2.60. The second kappa shape index (κ2) is 4.07. The lowest BCUT2D eigenvalue weighted by Crippen LogP contribution is -2.07. The molecule has 4 nitrogen and oxygen atoms in total. The van der Waals surface area contributed by atoms with Crippen LogP contribution in [0.25, 0.3) is 0 Å². The van der Waals surface area contributed by atoms with Crippen molar-refractivity contribution in [1.82, 2.24) is 0 Å². The van der Waals surface area contributed by atoms with E-state index in [0.29, 0.717) is 12.8 Å². The number of hydrogen-bond donors (Lipinski definition) is 0. The van der Waals surface area contributed by atoms with Crippen LogP contribution in [0, 0.1) is 10.1 Å². The van der Waals surface area contributed by atoms with Gasteiger partial charge in [-0.3, -0.25) is 10.1 Å². The van der Waals surface area contributed by atoms with Gasteiger partial charge in [0.15, 0.2) is 0 Å². The van der Waals surface area contributed by atoms with E-state index in [1.54, 1.807) is 6.08 Å². The fourth-order valence-corrected chi connectivity index (χ4v) is 1.16. The molecular weight excluding hydrogens is 170 g/mol. The number of ether oxygens (including phenoxy) is 1. The monoisotopic (exact) mass is 183 g/mol. The molecule has 13 heavy (non-hydrogen) atoms. The number of nitro groups is 1. The standard InChI is InChI=1S/C9H13NO3/c1-7(2)13-9-5-3-8(4-6-9)10(11)12/h3,5,7H,4,6H2,1-2H3. The van der Waals surface area contributed by atoms with Gasteiger partial charge in [-0.2, -0.15) is 0 Å². The molecule has 0 aliphatic heterocycles. The highest BCUT2D eigenvalue weighted by Crippen LogP contribution is 2.20. The van der Waals surface area contributed by atoms with Crippen molar-refractivity contribution in [3.05, 3.63) is 33.7 Å². The lowest BCUT2D eigenvalue weighted by Gasteiger charge is -2.14. The minimum atomic E-state index is -0.345. The van der Waals surface area contributed by atoms with Gasteiger partial charge in [-0.25, -0.2) is 0 Å². The number of hydrogen-bond acceptors (Lipinski definition) is 3. The van der Waals surface area contributed by atoms with Gasteiger partial charge in [0.05, 0.1) is 16.8 Å². The molecule has 72 valence electrons. The average Bonchev–Trinajstić information content (AvgIpc) is 2.04. The van der Waals surface area contributed by atoms with Crippen LogP contribution in [0.5, 0.6) is 0 Å². The Morgan fingerprint density at radius 3 is 2.54 bits per heavy atom. The Morgan fingerprint density at radius 2 is 2.15 bits per heavy atom. The zero-order valence-electron chi connectivity index (χ0n) is 7.82. The van der Waals surface area contributed by atoms with E-state index in [9.17, 15) is 10.1 Å². The lowest BCUT2D eigenvalue weighted by molar-refractivity contribution is -0.428. The first-order valence-corrected chi connectivity index (χ1v) is 4.30. The average molecular weight is 183 g/mol. The van der Waals surface area contributed by atoms with Crippen LogP contribution in [0.3, 0.4) is 0 Å². The summed E-state index contributed by atoms with van der Waals surface area (Å²) in [6.07, 6.45) is 4.43. The van der Waals surface area contributed by atoms with Gasteiger partial charge < -0.3 is 4.74 Å². The third-order valence-electron chi connectivity index (χ3n) is 1.71. The van der Waals surface area contributed by atoms with Gasteiger partial charge in [0.25, 0.3) is 0 Å². The van der Waals surface area contributed by atoms with Crippen molar-refractivity contribution < 1.29 is 9.66 Å². The van der Waals surface area contributed by atoms with E-state index in [4.69, 9.17) is 4.74 Å². The molecule has 0 saturated carbocycles. The molecule has 0 saturated heterocycles. The Bertz CT molecular complexity index is 266. The van der Waals surface area contributed by atoms with Crippen molar-refractivity contribution in [2.45, 2.75) is 32.8 Å². The van der Waals surface area contributed by atoms with Crippen molar-refractivity contribution in [3.8, 4) is 0 Å². The first-order chi connectivity index (χ1) is 6.09. The number of nitrogens with zero attached hydrogens (tertiary/aromatic N) is 1. The van der Waals surface area contributed by atoms with Crippen LogP contribution in [0.4, 0.5) is 0 Å². The summed E-state index contributed by atoms with van der Waals surface area (Å²) in [5.41, 5.74) is 0.260. The molecule has 0 heterocycles. The maximum Gasteiger partial charge on any atom is 0.246 e. The molecule has 0 atom stereocenters. The first kappa shape index (κ1) is 9.77. The van der Waals surface area contributed by atoms with Crippen molar-refractivity contribution >= 4 is 0 Å². The van der Waals surface area contributed by atoms with Gasteiger partial charge in [0.2, 0.25) is 5.70 Å². The second-order valence-corrected chi connectivity index (χ2v) is 3.21. The van der Waals surface area contributed by atoms with Crippen molar-refractivity contribution in [2.75, 3.05) is 0 Å². The quantitative estimate of drug-likeness (QED) is 0.498. The van der Waals surface area contributed by atoms with Crippen molar-refractivity contribution in [3.63, 3.8) is 0 Å². The Labute approximate surface area is 77.0 Å². The maximum absolute atomic E-state index is 10.4. The molecular formula is C9H13NO3. The van der Waals surface area contributed by atoms with E-state index in [-0.39, 0.29) is 16.7 Å². The molecule has 1 rings (SSSR count). The summed E-state index contributed by atoms with van der Waals surface area (Å²) in [5.74, 6) is 0.834. The Kier molecular flexibility index (Phi) is 3.06. The van der Waals surface area contributed by atoms with Crippen LogP contribution in [0.15, 0.2) is 23.6 Å². The highest BCUT2D eigenvalue weighted by atomic mass is 16.6. The van der Waals surface area contributed by atoms with Gasteiger partial charge in [-0.1, -0.05) is 0 Å². The predicted molar refractivity (Wildman–Crippen MR) is 48.6 cm³/mol. The van der Waals surface area contributed by atoms with Gasteiger partial charge in [0.1, 0.15) is 0 Å². The van der Waals surface area contributed by atoms with Crippen molar-refractivity contribution in [2.24, 2.45) is 0 Å². The SMILES string of the molecule is CC(C)OC1=CC=C([N+](=O)[O-])CC1. The topological polar surface area (TPSA) is 52.4 Å². The third kappa shape index (κ3) is 2.89. The van der Waals surface area contributed by atoms with Crippen LogP contribution in [0.1, 0.15) is 26.7 Å². The van der Waals surface area contributed by atoms with Crippen LogP contribution >= 0.6 is 0 Å². The van der Waals surface area contributed by atoms with E-state index in [2.05, 4.69) is 0 Å². The highest BCUT2D eigenvalue weighted by Gasteiger charge is 2.16. The maximum atomic E-state index is 10.4. The summed E-state index contributed by atoms with van der Waals surface area (Å²) in [6, 6.07) is 0. The van der Waals surface area contributed by atoms with Gasteiger partial charge >= 0.3 is 0 Å². The molecule has 0 fully saturated rings. The Hall–Kier alpha value is -1.32. The summed E-state index contributed by atoms with van der Waals surface area (Å²) in [5, 5.41) is 10.4. The molecule has 0 aromatic rings. The number of rotatable bonds is 3. The van der Waals surface area contributed by atoms with E-state index in [1.807, 2.05) is 13.8 Å². The molecule has 0 bridgehead atoms. The van der Waals surface area contributed by atoms with E-state index >= 15 is 0 Å². The molecule has 0 radical (unpaired) electrons. The van der Waals surface area contributed by atoms with Crippen molar-refractivity contribution in [1.29, 1.82) is 0 Å². The normalized spacial score (nSPS) is 16.5. The summed E-state index contributed by atoms with van der Waals surface area (Å²) in [4.78, 5) is 10.0. The molecule has 4 heteroatoms. The largest absolute Gasteiger partial charge is 0.495 e. The molecule has 1 aliphatic rings. The zero-order valence-corrected chi connectivity index (χ0v) is 7.82. The van der Waals surface area contributed by atoms with Gasteiger partial charge in [0, 0.05) is 18.9 Å². The van der Waals surface area contributed by atoms with E-state index < -0.39 is 0 Å². The fourth-order valence-electron chi connectivity index (χ4n) is 1.16. The second-order valence-electron chi connectivity index (χ2n) is 3.21. The van der Waals surface area contributed by atoms with E-state index in [0.717, 1.165) is 5.76 Å². The zero-order chi connectivity index (χ0) is 9.84. The molecule has 0 aromatic carbocycles. The predicted octanol–water partition coefficient (Wildman–Crippen LogP) is 2.25. The van der Waals surface area contributed by atoms with Crippen LogP contribution in [-0.2, 0) is 4.74 Å². The molecule has 0 aromatic heterocycles. The minimum absolute atomic E-state index is 0.136. The smallest absolute Gasteiger partial charge is 0.246 e. The molecule has 1 aliphatic carbocycles. The van der Waals surface area contributed by atoms with Gasteiger partial charge in [-0.05, 0) is 19.9 Å². The van der Waals surface area contributed by atoms with Crippen LogP contribution < -0.4 is 0 Å². The third-order valence-corrected chi connectivity index (χ3v) is 1.71.